The molecule has 2 amide bonds. The van der Waals surface area contributed by atoms with Gasteiger partial charge in [0.15, 0.2) is 0 Å². The smallest absolute Gasteiger partial charge is 0.251 e. The van der Waals surface area contributed by atoms with E-state index in [1.165, 1.54) is 0 Å². The minimum Gasteiger partial charge on any atom is -0.345 e. The lowest BCUT2D eigenvalue weighted by atomic mass is 9.90. The van der Waals surface area contributed by atoms with Gasteiger partial charge in [-0.25, -0.2) is 0 Å². The Kier molecular flexibility index (Phi) is 7.04. The third kappa shape index (κ3) is 5.67. The topological polar surface area (TPSA) is 75.4 Å². The zero-order valence-corrected chi connectivity index (χ0v) is 17.3. The fraction of sp³-hybridized carbons (Fsp3) is 0.417. The monoisotopic (exact) mass is 393 g/mol. The maximum Gasteiger partial charge on any atom is 0.251 e. The molecule has 1 aliphatic heterocycles. The minimum atomic E-state index is -0.358. The van der Waals surface area contributed by atoms with Gasteiger partial charge < -0.3 is 16.0 Å². The van der Waals surface area contributed by atoms with Gasteiger partial charge in [0.05, 0.1) is 12.5 Å². The van der Waals surface area contributed by atoms with Crippen LogP contribution >= 0.6 is 0 Å². The molecule has 1 aliphatic rings. The number of amides is 2. The molecule has 2 aromatic rings. The van der Waals surface area contributed by atoms with Crippen molar-refractivity contribution in [2.45, 2.75) is 45.2 Å². The quantitative estimate of drug-likeness (QED) is 0.789. The van der Waals surface area contributed by atoms with Crippen LogP contribution in [0.1, 0.15) is 53.7 Å². The van der Waals surface area contributed by atoms with E-state index in [-0.39, 0.29) is 30.3 Å². The SMILES string of the molecule is Cc1ccc(C(=O)NC(CC(=O)N2CCC(C(C)N)CC2)c2ccccc2)cc1. The second kappa shape index (κ2) is 9.70. The van der Waals surface area contributed by atoms with E-state index in [0.717, 1.165) is 37.1 Å². The van der Waals surface area contributed by atoms with Crippen LogP contribution in [-0.4, -0.2) is 35.8 Å². The Morgan fingerprint density at radius 3 is 2.28 bits per heavy atom. The number of nitrogens with one attached hydrogen (secondary N) is 1. The van der Waals surface area contributed by atoms with E-state index in [0.29, 0.717) is 11.5 Å². The highest BCUT2D eigenvalue weighted by atomic mass is 16.2. The van der Waals surface area contributed by atoms with Gasteiger partial charge in [-0.15, -0.1) is 0 Å². The number of nitrogens with zero attached hydrogens (tertiary/aromatic N) is 1. The van der Waals surface area contributed by atoms with Crippen LogP contribution in [0.2, 0.25) is 0 Å². The summed E-state index contributed by atoms with van der Waals surface area (Å²) in [4.78, 5) is 27.6. The van der Waals surface area contributed by atoms with Crippen molar-refractivity contribution in [3.8, 4) is 0 Å². The lowest BCUT2D eigenvalue weighted by Crippen LogP contribution is -2.43. The fourth-order valence-corrected chi connectivity index (χ4v) is 3.86. The first-order valence-electron chi connectivity index (χ1n) is 10.4. The van der Waals surface area contributed by atoms with Crippen LogP contribution in [0, 0.1) is 12.8 Å². The molecule has 0 bridgehead atoms. The molecule has 5 heteroatoms. The number of carbonyl (C=O) groups is 2. The molecule has 1 heterocycles. The van der Waals surface area contributed by atoms with E-state index >= 15 is 0 Å². The zero-order valence-electron chi connectivity index (χ0n) is 17.3. The summed E-state index contributed by atoms with van der Waals surface area (Å²) < 4.78 is 0. The molecule has 0 aromatic heterocycles. The van der Waals surface area contributed by atoms with Crippen molar-refractivity contribution in [3.63, 3.8) is 0 Å². The molecule has 3 N–H and O–H groups in total. The van der Waals surface area contributed by atoms with E-state index in [1.54, 1.807) is 0 Å². The third-order valence-corrected chi connectivity index (χ3v) is 5.84. The first-order chi connectivity index (χ1) is 13.9. The van der Waals surface area contributed by atoms with Gasteiger partial charge in [0.1, 0.15) is 0 Å². The lowest BCUT2D eigenvalue weighted by Gasteiger charge is -2.34. The first-order valence-corrected chi connectivity index (χ1v) is 10.4. The molecule has 2 aromatic carbocycles. The Hall–Kier alpha value is -2.66. The molecule has 0 saturated carbocycles. The number of carbonyl (C=O) groups excluding carboxylic acids is 2. The predicted octanol–water partition coefficient (Wildman–Crippen LogP) is 3.44. The molecule has 0 spiro atoms. The van der Waals surface area contributed by atoms with Gasteiger partial charge >= 0.3 is 0 Å². The van der Waals surface area contributed by atoms with E-state index in [2.05, 4.69) is 5.32 Å². The van der Waals surface area contributed by atoms with Gasteiger partial charge in [-0.1, -0.05) is 48.0 Å². The molecule has 3 rings (SSSR count). The standard InChI is InChI=1S/C24H31N3O2/c1-17-8-10-21(11-9-17)24(29)26-22(20-6-4-3-5-7-20)16-23(28)27-14-12-19(13-15-27)18(2)25/h3-11,18-19,22H,12-16,25H2,1-2H3,(H,26,29). The number of nitrogens with two attached hydrogens (primary N) is 1. The van der Waals surface area contributed by atoms with Crippen molar-refractivity contribution in [1.82, 2.24) is 10.2 Å². The largest absolute Gasteiger partial charge is 0.345 e. The molecular weight excluding hydrogens is 362 g/mol. The summed E-state index contributed by atoms with van der Waals surface area (Å²) in [5.41, 5.74) is 8.65. The second-order valence-electron chi connectivity index (χ2n) is 8.08. The van der Waals surface area contributed by atoms with Gasteiger partial charge in [0.2, 0.25) is 5.91 Å². The van der Waals surface area contributed by atoms with Crippen LogP contribution in [0.25, 0.3) is 0 Å². The summed E-state index contributed by atoms with van der Waals surface area (Å²) in [6, 6.07) is 17.0. The molecular formula is C24H31N3O2. The average Bonchev–Trinajstić information content (AvgIpc) is 2.74. The number of hydrogen-bond acceptors (Lipinski definition) is 3. The number of likely N-dealkylation sites (tertiary alicyclic amines) is 1. The molecule has 154 valence electrons. The van der Waals surface area contributed by atoms with Crippen LogP contribution in [0.5, 0.6) is 0 Å². The maximum absolute atomic E-state index is 13.0. The van der Waals surface area contributed by atoms with Crippen molar-refractivity contribution in [1.29, 1.82) is 0 Å². The number of benzene rings is 2. The van der Waals surface area contributed by atoms with Gasteiger partial charge in [-0.05, 0) is 50.3 Å². The Labute approximate surface area is 173 Å². The average molecular weight is 394 g/mol. The van der Waals surface area contributed by atoms with Crippen molar-refractivity contribution in [2.75, 3.05) is 13.1 Å². The van der Waals surface area contributed by atoms with Crippen LogP contribution in [0.4, 0.5) is 0 Å². The first kappa shape index (κ1) is 21.1. The van der Waals surface area contributed by atoms with Gasteiger partial charge in [-0.2, -0.15) is 0 Å². The van der Waals surface area contributed by atoms with Crippen LogP contribution < -0.4 is 11.1 Å². The number of piperidine rings is 1. The summed E-state index contributed by atoms with van der Waals surface area (Å²) in [6.07, 6.45) is 2.13. The van der Waals surface area contributed by atoms with Crippen LogP contribution in [0.15, 0.2) is 54.6 Å². The van der Waals surface area contributed by atoms with Crippen molar-refractivity contribution in [3.05, 3.63) is 71.3 Å². The number of aryl methyl sites for hydroxylation is 1. The summed E-state index contributed by atoms with van der Waals surface area (Å²) in [7, 11) is 0. The fourth-order valence-electron chi connectivity index (χ4n) is 3.86. The molecule has 0 aliphatic carbocycles. The normalized spacial score (nSPS) is 16.9. The van der Waals surface area contributed by atoms with Crippen LogP contribution in [-0.2, 0) is 4.79 Å². The Bertz CT molecular complexity index is 810. The highest BCUT2D eigenvalue weighted by Gasteiger charge is 2.27. The zero-order chi connectivity index (χ0) is 20.8. The van der Waals surface area contributed by atoms with Gasteiger partial charge in [0.25, 0.3) is 5.91 Å². The summed E-state index contributed by atoms with van der Waals surface area (Å²) in [6.45, 7) is 5.49. The highest BCUT2D eigenvalue weighted by Crippen LogP contribution is 2.23. The maximum atomic E-state index is 13.0. The summed E-state index contributed by atoms with van der Waals surface area (Å²) >= 11 is 0. The third-order valence-electron chi connectivity index (χ3n) is 5.84. The molecule has 1 saturated heterocycles. The van der Waals surface area contributed by atoms with Crippen molar-refractivity contribution in [2.24, 2.45) is 11.7 Å². The Balaban J connectivity index is 1.68. The molecule has 29 heavy (non-hydrogen) atoms. The van der Waals surface area contributed by atoms with E-state index in [9.17, 15) is 9.59 Å². The molecule has 0 radical (unpaired) electrons. The van der Waals surface area contributed by atoms with E-state index in [1.807, 2.05) is 73.3 Å². The lowest BCUT2D eigenvalue weighted by molar-refractivity contribution is -0.133. The van der Waals surface area contributed by atoms with Gasteiger partial charge in [-0.3, -0.25) is 9.59 Å². The van der Waals surface area contributed by atoms with Gasteiger partial charge in [0, 0.05) is 24.7 Å². The Morgan fingerprint density at radius 1 is 1.07 bits per heavy atom. The molecule has 2 atom stereocenters. The summed E-state index contributed by atoms with van der Waals surface area (Å²) in [5.74, 6) is 0.388. The molecule has 2 unspecified atom stereocenters. The Morgan fingerprint density at radius 2 is 1.69 bits per heavy atom. The molecule has 1 fully saturated rings. The summed E-state index contributed by atoms with van der Waals surface area (Å²) in [5, 5.41) is 3.06. The van der Waals surface area contributed by atoms with E-state index < -0.39 is 0 Å². The minimum absolute atomic E-state index is 0.0752. The number of hydrogen-bond donors (Lipinski definition) is 2. The predicted molar refractivity (Wildman–Crippen MR) is 115 cm³/mol. The molecule has 5 nitrogen and oxygen atoms in total. The highest BCUT2D eigenvalue weighted by molar-refractivity contribution is 5.94. The van der Waals surface area contributed by atoms with Crippen LogP contribution in [0.3, 0.4) is 0 Å². The van der Waals surface area contributed by atoms with E-state index in [4.69, 9.17) is 5.73 Å². The number of rotatable bonds is 6. The van der Waals surface area contributed by atoms with Crippen molar-refractivity contribution >= 4 is 11.8 Å². The van der Waals surface area contributed by atoms with Crippen molar-refractivity contribution < 1.29 is 9.59 Å². The second-order valence-corrected chi connectivity index (χ2v) is 8.08.